The molecule has 8 heteroatoms. The van der Waals surface area contributed by atoms with E-state index in [0.717, 1.165) is 31.2 Å². The Morgan fingerprint density at radius 1 is 0.943 bits per heavy atom. The zero-order valence-corrected chi connectivity index (χ0v) is 20.3. The van der Waals surface area contributed by atoms with Crippen molar-refractivity contribution in [2.24, 2.45) is 0 Å². The van der Waals surface area contributed by atoms with Gasteiger partial charge in [0.2, 0.25) is 11.7 Å². The van der Waals surface area contributed by atoms with E-state index in [1.807, 2.05) is 17.0 Å². The van der Waals surface area contributed by atoms with Gasteiger partial charge < -0.3 is 24.0 Å². The van der Waals surface area contributed by atoms with E-state index in [-0.39, 0.29) is 23.6 Å². The highest BCUT2D eigenvalue weighted by molar-refractivity contribution is 6.43. The number of piperidine rings is 1. The van der Waals surface area contributed by atoms with Gasteiger partial charge in [-0.25, -0.2) is 0 Å². The molecule has 2 aromatic carbocycles. The number of aryl methyl sites for hydroxylation is 1. The van der Waals surface area contributed by atoms with Crippen LogP contribution in [0.2, 0.25) is 0 Å². The molecule has 184 valence electrons. The number of ether oxygens (including phenoxy) is 3. The molecule has 35 heavy (non-hydrogen) atoms. The van der Waals surface area contributed by atoms with Crippen molar-refractivity contribution in [1.82, 2.24) is 9.80 Å². The van der Waals surface area contributed by atoms with Gasteiger partial charge in [0.1, 0.15) is 6.04 Å². The Morgan fingerprint density at radius 2 is 1.66 bits per heavy atom. The Balaban J connectivity index is 1.55. The summed E-state index contributed by atoms with van der Waals surface area (Å²) in [6.07, 6.45) is 3.93. The van der Waals surface area contributed by atoms with E-state index in [9.17, 15) is 14.4 Å². The van der Waals surface area contributed by atoms with E-state index in [2.05, 4.69) is 12.1 Å². The average Bonchev–Trinajstić information content (AvgIpc) is 3.09. The smallest absolute Gasteiger partial charge is 0.295 e. The van der Waals surface area contributed by atoms with Crippen LogP contribution in [0.1, 0.15) is 53.2 Å². The van der Waals surface area contributed by atoms with Crippen molar-refractivity contribution < 1.29 is 28.6 Å². The molecular weight excluding hydrogens is 448 g/mol. The number of methoxy groups -OCH3 is 3. The van der Waals surface area contributed by atoms with Crippen LogP contribution in [0, 0.1) is 0 Å². The van der Waals surface area contributed by atoms with Crippen LogP contribution in [0.3, 0.4) is 0 Å². The number of hydrogen-bond donors (Lipinski definition) is 0. The summed E-state index contributed by atoms with van der Waals surface area (Å²) >= 11 is 0. The molecule has 5 rings (SSSR count). The van der Waals surface area contributed by atoms with Gasteiger partial charge in [-0.3, -0.25) is 14.4 Å². The lowest BCUT2D eigenvalue weighted by molar-refractivity contribution is -0.163. The van der Waals surface area contributed by atoms with Gasteiger partial charge >= 0.3 is 0 Å². The maximum absolute atomic E-state index is 13.8. The second-order valence-electron chi connectivity index (χ2n) is 9.25. The fourth-order valence-corrected chi connectivity index (χ4v) is 5.98. The molecule has 0 radical (unpaired) electrons. The number of fused-ring (bicyclic) bond motifs is 6. The lowest BCUT2D eigenvalue weighted by atomic mass is 9.81. The number of nitrogens with zero attached hydrogens (tertiary/aromatic N) is 2. The molecule has 2 bridgehead atoms. The van der Waals surface area contributed by atoms with Crippen molar-refractivity contribution in [3.05, 3.63) is 53.1 Å². The van der Waals surface area contributed by atoms with Crippen LogP contribution in [0.25, 0.3) is 0 Å². The molecule has 3 unspecified atom stereocenters. The minimum absolute atomic E-state index is 0.0614. The van der Waals surface area contributed by atoms with Gasteiger partial charge in [-0.05, 0) is 55.4 Å². The summed E-state index contributed by atoms with van der Waals surface area (Å²) in [5.41, 5.74) is 2.43. The van der Waals surface area contributed by atoms with Crippen LogP contribution < -0.4 is 14.2 Å². The second-order valence-corrected chi connectivity index (χ2v) is 9.25. The minimum Gasteiger partial charge on any atom is -0.493 e. The fraction of sp³-hybridized carbons (Fsp3) is 0.444. The van der Waals surface area contributed by atoms with Gasteiger partial charge in [-0.1, -0.05) is 24.3 Å². The van der Waals surface area contributed by atoms with E-state index in [1.54, 1.807) is 4.90 Å². The molecule has 3 heterocycles. The number of amides is 2. The Hall–Kier alpha value is -3.55. The highest BCUT2D eigenvalue weighted by atomic mass is 16.5. The highest BCUT2D eigenvalue weighted by Gasteiger charge is 2.52. The number of hydrogen-bond acceptors (Lipinski definition) is 6. The van der Waals surface area contributed by atoms with Gasteiger partial charge in [-0.15, -0.1) is 0 Å². The third-order valence-corrected chi connectivity index (χ3v) is 7.51. The molecule has 0 N–H and O–H groups in total. The number of carbonyl (C=O) groups excluding carboxylic acids is 3. The van der Waals surface area contributed by atoms with Crippen LogP contribution >= 0.6 is 0 Å². The van der Waals surface area contributed by atoms with Gasteiger partial charge in [0.15, 0.2) is 11.5 Å². The zero-order chi connectivity index (χ0) is 24.7. The number of benzene rings is 2. The number of carbonyl (C=O) groups is 3. The maximum atomic E-state index is 13.8. The summed E-state index contributed by atoms with van der Waals surface area (Å²) < 4.78 is 16.1. The summed E-state index contributed by atoms with van der Waals surface area (Å²) in [6, 6.07) is 10.0. The normalized spacial score (nSPS) is 23.1. The van der Waals surface area contributed by atoms with E-state index in [0.29, 0.717) is 30.2 Å². The largest absolute Gasteiger partial charge is 0.493 e. The van der Waals surface area contributed by atoms with Crippen LogP contribution in [0.5, 0.6) is 17.2 Å². The van der Waals surface area contributed by atoms with Crippen molar-refractivity contribution in [3.8, 4) is 17.2 Å². The average molecular weight is 479 g/mol. The fourth-order valence-electron chi connectivity index (χ4n) is 5.98. The Morgan fingerprint density at radius 3 is 2.34 bits per heavy atom. The van der Waals surface area contributed by atoms with Gasteiger partial charge in [0, 0.05) is 12.1 Å². The third kappa shape index (κ3) is 3.72. The van der Waals surface area contributed by atoms with Crippen LogP contribution in [-0.4, -0.2) is 67.4 Å². The summed E-state index contributed by atoms with van der Waals surface area (Å²) in [5, 5.41) is 0. The number of ketones is 1. The van der Waals surface area contributed by atoms with Gasteiger partial charge in [0.25, 0.3) is 11.7 Å². The van der Waals surface area contributed by atoms with Gasteiger partial charge in [-0.2, -0.15) is 0 Å². The van der Waals surface area contributed by atoms with Crippen molar-refractivity contribution in [2.45, 2.75) is 50.2 Å². The summed E-state index contributed by atoms with van der Waals surface area (Å²) in [4.78, 5) is 44.5. The molecule has 3 aliphatic rings. The summed E-state index contributed by atoms with van der Waals surface area (Å²) in [5.74, 6) is -0.486. The number of piperazine rings is 1. The standard InChI is InChI=1S/C27H30N2O6/c1-33-21-14-17(15-22(34-2)25(21)35-3)24(30)27(32)29-19-11-6-12-20(29)26(31)28-13-7-9-16-8-4-5-10-18(16)23(19)28/h4-5,8,10,14-15,19-20,23H,6-7,9,11-13H2,1-3H3. The number of Topliss-reactive ketones (excluding diaryl/α,β-unsaturated/α-hetero) is 1. The lowest BCUT2D eigenvalue weighted by Crippen LogP contribution is -2.67. The van der Waals surface area contributed by atoms with E-state index >= 15 is 0 Å². The SMILES string of the molecule is COc1cc(C(=O)C(=O)N2C3CCCC2C2c4ccccc4CCCN2C3=O)cc(OC)c1OC. The van der Waals surface area contributed by atoms with Crippen molar-refractivity contribution in [2.75, 3.05) is 27.9 Å². The molecular formula is C27H30N2O6. The Labute approximate surface area is 204 Å². The van der Waals surface area contributed by atoms with E-state index in [1.165, 1.54) is 39.0 Å². The molecule has 0 aliphatic carbocycles. The first-order valence-corrected chi connectivity index (χ1v) is 12.1. The predicted molar refractivity (Wildman–Crippen MR) is 128 cm³/mol. The maximum Gasteiger partial charge on any atom is 0.295 e. The van der Waals surface area contributed by atoms with Crippen LogP contribution in [0.15, 0.2) is 36.4 Å². The molecule has 2 saturated heterocycles. The first-order chi connectivity index (χ1) is 17.0. The highest BCUT2D eigenvalue weighted by Crippen LogP contribution is 2.44. The second kappa shape index (κ2) is 9.24. The minimum atomic E-state index is -0.690. The van der Waals surface area contributed by atoms with Crippen molar-refractivity contribution in [3.63, 3.8) is 0 Å². The lowest BCUT2D eigenvalue weighted by Gasteiger charge is -2.53. The molecule has 2 aromatic rings. The van der Waals surface area contributed by atoms with E-state index < -0.39 is 17.7 Å². The van der Waals surface area contributed by atoms with Crippen LogP contribution in [0.4, 0.5) is 0 Å². The monoisotopic (exact) mass is 478 g/mol. The quantitative estimate of drug-likeness (QED) is 0.485. The first kappa shape index (κ1) is 23.2. The Kier molecular flexibility index (Phi) is 6.13. The molecule has 2 amide bonds. The molecule has 3 aliphatic heterocycles. The topological polar surface area (TPSA) is 85.4 Å². The number of rotatable bonds is 5. The third-order valence-electron chi connectivity index (χ3n) is 7.51. The molecule has 8 nitrogen and oxygen atoms in total. The molecule has 0 aromatic heterocycles. The van der Waals surface area contributed by atoms with Crippen LogP contribution in [-0.2, 0) is 16.0 Å². The Bertz CT molecular complexity index is 1150. The molecule has 0 spiro atoms. The van der Waals surface area contributed by atoms with E-state index in [4.69, 9.17) is 14.2 Å². The summed E-state index contributed by atoms with van der Waals surface area (Å²) in [7, 11) is 4.39. The molecule has 0 saturated carbocycles. The molecule has 3 atom stereocenters. The molecule has 2 fully saturated rings. The van der Waals surface area contributed by atoms with Gasteiger partial charge in [0.05, 0.1) is 33.4 Å². The zero-order valence-electron chi connectivity index (χ0n) is 20.3. The first-order valence-electron chi connectivity index (χ1n) is 12.1. The van der Waals surface area contributed by atoms with Crippen molar-refractivity contribution >= 4 is 17.6 Å². The summed E-state index contributed by atoms with van der Waals surface area (Å²) in [6.45, 7) is 0.661. The predicted octanol–water partition coefficient (Wildman–Crippen LogP) is 3.17. The van der Waals surface area contributed by atoms with Crippen molar-refractivity contribution in [1.29, 1.82) is 0 Å².